The van der Waals surface area contributed by atoms with Gasteiger partial charge in [-0.3, -0.25) is 14.5 Å². The lowest BCUT2D eigenvalue weighted by atomic mass is 10.1. The van der Waals surface area contributed by atoms with Crippen LogP contribution >= 0.6 is 0 Å². The first-order valence-corrected chi connectivity index (χ1v) is 5.71. The van der Waals surface area contributed by atoms with Gasteiger partial charge < -0.3 is 0 Å². The lowest BCUT2D eigenvalue weighted by molar-refractivity contribution is -0.384. The molecule has 0 saturated carbocycles. The molecule has 1 aromatic carbocycles. The Labute approximate surface area is 108 Å². The standard InChI is InChI=1S/C13H10N4O2/c1-9-14-15-13-6-5-11(8-16(9)13)10-3-2-4-12(7-10)17(18)19/h2-8H,1H3. The third kappa shape index (κ3) is 1.93. The van der Waals surface area contributed by atoms with Gasteiger partial charge in [0.1, 0.15) is 5.82 Å². The van der Waals surface area contributed by atoms with Gasteiger partial charge in [-0.2, -0.15) is 0 Å². The third-order valence-corrected chi connectivity index (χ3v) is 2.96. The number of fused-ring (bicyclic) bond motifs is 1. The number of hydrogen-bond acceptors (Lipinski definition) is 4. The van der Waals surface area contributed by atoms with Crippen LogP contribution in [0.4, 0.5) is 5.69 Å². The van der Waals surface area contributed by atoms with Crippen LogP contribution in [0.25, 0.3) is 16.8 Å². The van der Waals surface area contributed by atoms with Gasteiger partial charge in [-0.25, -0.2) is 0 Å². The molecule has 3 aromatic rings. The lowest BCUT2D eigenvalue weighted by Gasteiger charge is -2.03. The molecule has 0 saturated heterocycles. The fourth-order valence-electron chi connectivity index (χ4n) is 1.98. The molecule has 0 unspecified atom stereocenters. The molecule has 0 radical (unpaired) electrons. The van der Waals surface area contributed by atoms with Crippen molar-refractivity contribution in [3.8, 4) is 11.1 Å². The number of nitrogens with zero attached hydrogens (tertiary/aromatic N) is 4. The summed E-state index contributed by atoms with van der Waals surface area (Å²) in [6.07, 6.45) is 1.88. The number of non-ortho nitro benzene ring substituents is 1. The third-order valence-electron chi connectivity index (χ3n) is 2.96. The molecule has 6 heteroatoms. The molecule has 0 aliphatic rings. The molecule has 0 spiro atoms. The molecular weight excluding hydrogens is 244 g/mol. The Kier molecular flexibility index (Phi) is 2.49. The van der Waals surface area contributed by atoms with Gasteiger partial charge in [0.15, 0.2) is 5.65 Å². The molecule has 19 heavy (non-hydrogen) atoms. The van der Waals surface area contributed by atoms with Crippen LogP contribution in [0.15, 0.2) is 42.6 Å². The summed E-state index contributed by atoms with van der Waals surface area (Å²) in [5, 5.41) is 18.8. The first-order valence-electron chi connectivity index (χ1n) is 5.71. The summed E-state index contributed by atoms with van der Waals surface area (Å²) in [7, 11) is 0. The second-order valence-electron chi connectivity index (χ2n) is 4.20. The molecule has 3 rings (SSSR count). The predicted molar refractivity (Wildman–Crippen MR) is 69.8 cm³/mol. The monoisotopic (exact) mass is 254 g/mol. The van der Waals surface area contributed by atoms with E-state index in [-0.39, 0.29) is 5.69 Å². The minimum atomic E-state index is -0.397. The van der Waals surface area contributed by atoms with Crippen LogP contribution in [0.1, 0.15) is 5.82 Å². The first kappa shape index (κ1) is 11.3. The van der Waals surface area contributed by atoms with Gasteiger partial charge in [0.25, 0.3) is 5.69 Å². The smallest absolute Gasteiger partial charge is 0.270 e. The lowest BCUT2D eigenvalue weighted by Crippen LogP contribution is -1.91. The summed E-state index contributed by atoms with van der Waals surface area (Å²) in [6, 6.07) is 10.3. The van der Waals surface area contributed by atoms with E-state index in [1.807, 2.05) is 35.7 Å². The Morgan fingerprint density at radius 1 is 1.16 bits per heavy atom. The highest BCUT2D eigenvalue weighted by Gasteiger charge is 2.08. The van der Waals surface area contributed by atoms with Crippen LogP contribution in [-0.4, -0.2) is 19.5 Å². The number of aromatic nitrogens is 3. The maximum Gasteiger partial charge on any atom is 0.270 e. The van der Waals surface area contributed by atoms with E-state index in [1.54, 1.807) is 12.1 Å². The first-order chi connectivity index (χ1) is 9.15. The van der Waals surface area contributed by atoms with Gasteiger partial charge >= 0.3 is 0 Å². The highest BCUT2D eigenvalue weighted by Crippen LogP contribution is 2.24. The number of nitro groups is 1. The number of aryl methyl sites for hydroxylation is 1. The zero-order chi connectivity index (χ0) is 13.4. The Morgan fingerprint density at radius 3 is 2.79 bits per heavy atom. The molecule has 0 aliphatic carbocycles. The number of pyridine rings is 1. The van der Waals surface area contributed by atoms with Crippen LogP contribution in [0.2, 0.25) is 0 Å². The van der Waals surface area contributed by atoms with Crippen molar-refractivity contribution in [1.29, 1.82) is 0 Å². The van der Waals surface area contributed by atoms with Crippen LogP contribution in [0, 0.1) is 17.0 Å². The van der Waals surface area contributed by atoms with E-state index in [1.165, 1.54) is 6.07 Å². The fourth-order valence-corrected chi connectivity index (χ4v) is 1.98. The molecule has 0 bridgehead atoms. The van der Waals surface area contributed by atoms with Gasteiger partial charge in [0.05, 0.1) is 4.92 Å². The Balaban J connectivity index is 2.15. The van der Waals surface area contributed by atoms with E-state index in [0.29, 0.717) is 0 Å². The van der Waals surface area contributed by atoms with Crippen molar-refractivity contribution in [3.05, 3.63) is 58.5 Å². The van der Waals surface area contributed by atoms with Crippen molar-refractivity contribution in [3.63, 3.8) is 0 Å². The zero-order valence-corrected chi connectivity index (χ0v) is 10.1. The maximum atomic E-state index is 10.8. The van der Waals surface area contributed by atoms with E-state index in [9.17, 15) is 10.1 Å². The number of rotatable bonds is 2. The summed E-state index contributed by atoms with van der Waals surface area (Å²) >= 11 is 0. The summed E-state index contributed by atoms with van der Waals surface area (Å²) < 4.78 is 1.86. The quantitative estimate of drug-likeness (QED) is 0.520. The van der Waals surface area contributed by atoms with E-state index in [4.69, 9.17) is 0 Å². The number of hydrogen-bond donors (Lipinski definition) is 0. The molecule has 94 valence electrons. The van der Waals surface area contributed by atoms with E-state index >= 15 is 0 Å². The molecule has 2 heterocycles. The topological polar surface area (TPSA) is 73.3 Å². The Morgan fingerprint density at radius 2 is 2.00 bits per heavy atom. The van der Waals surface area contributed by atoms with Crippen molar-refractivity contribution in [2.75, 3.05) is 0 Å². The van der Waals surface area contributed by atoms with Crippen molar-refractivity contribution in [1.82, 2.24) is 14.6 Å². The van der Waals surface area contributed by atoms with Gasteiger partial charge in [-0.15, -0.1) is 10.2 Å². The average molecular weight is 254 g/mol. The zero-order valence-electron chi connectivity index (χ0n) is 10.1. The Bertz CT molecular complexity index is 779. The minimum absolute atomic E-state index is 0.0816. The van der Waals surface area contributed by atoms with Crippen molar-refractivity contribution >= 4 is 11.3 Å². The molecule has 0 amide bonds. The summed E-state index contributed by atoms with van der Waals surface area (Å²) in [6.45, 7) is 1.86. The van der Waals surface area contributed by atoms with Crippen molar-refractivity contribution < 1.29 is 4.92 Å². The molecular formula is C13H10N4O2. The summed E-state index contributed by atoms with van der Waals surface area (Å²) in [4.78, 5) is 10.4. The van der Waals surface area contributed by atoms with Crippen molar-refractivity contribution in [2.24, 2.45) is 0 Å². The molecule has 6 nitrogen and oxygen atoms in total. The van der Waals surface area contributed by atoms with Gasteiger partial charge in [0, 0.05) is 18.3 Å². The number of nitro benzene ring substituents is 1. The largest absolute Gasteiger partial charge is 0.286 e. The number of benzene rings is 1. The van der Waals surface area contributed by atoms with Crippen molar-refractivity contribution in [2.45, 2.75) is 6.92 Å². The van der Waals surface area contributed by atoms with Gasteiger partial charge in [-0.05, 0) is 30.2 Å². The van der Waals surface area contributed by atoms with Crippen LogP contribution in [0.5, 0.6) is 0 Å². The molecule has 0 fully saturated rings. The highest BCUT2D eigenvalue weighted by molar-refractivity contribution is 5.67. The van der Waals surface area contributed by atoms with Crippen LogP contribution in [-0.2, 0) is 0 Å². The maximum absolute atomic E-state index is 10.8. The fraction of sp³-hybridized carbons (Fsp3) is 0.0769. The van der Waals surface area contributed by atoms with E-state index in [2.05, 4.69) is 10.2 Å². The second-order valence-corrected chi connectivity index (χ2v) is 4.20. The molecule has 0 aliphatic heterocycles. The van der Waals surface area contributed by atoms with Gasteiger partial charge in [0.2, 0.25) is 0 Å². The average Bonchev–Trinajstić information content (AvgIpc) is 2.80. The highest BCUT2D eigenvalue weighted by atomic mass is 16.6. The van der Waals surface area contributed by atoms with Crippen LogP contribution < -0.4 is 0 Å². The van der Waals surface area contributed by atoms with Gasteiger partial charge in [-0.1, -0.05) is 12.1 Å². The van der Waals surface area contributed by atoms with E-state index < -0.39 is 4.92 Å². The SMILES string of the molecule is Cc1nnc2ccc(-c3cccc([N+](=O)[O-])c3)cn12. The molecule has 2 aromatic heterocycles. The Hall–Kier alpha value is -2.76. The van der Waals surface area contributed by atoms with E-state index in [0.717, 1.165) is 22.6 Å². The normalized spacial score (nSPS) is 10.8. The minimum Gasteiger partial charge on any atom is -0.286 e. The van der Waals surface area contributed by atoms with Crippen LogP contribution in [0.3, 0.4) is 0 Å². The second kappa shape index (κ2) is 4.16. The molecule has 0 atom stereocenters. The molecule has 0 N–H and O–H groups in total. The summed E-state index contributed by atoms with van der Waals surface area (Å²) in [5.41, 5.74) is 2.52. The predicted octanol–water partition coefficient (Wildman–Crippen LogP) is 2.61. The summed E-state index contributed by atoms with van der Waals surface area (Å²) in [5.74, 6) is 0.780.